The first kappa shape index (κ1) is 16.8. The van der Waals surface area contributed by atoms with Gasteiger partial charge in [-0.05, 0) is 35.7 Å². The monoisotopic (exact) mass is 358 g/mol. The summed E-state index contributed by atoms with van der Waals surface area (Å²) in [5.74, 6) is -0.251. The summed E-state index contributed by atoms with van der Waals surface area (Å²) in [5.41, 5.74) is 1.86. The molecule has 0 aliphatic carbocycles. The van der Waals surface area contributed by atoms with E-state index in [4.69, 9.17) is 4.42 Å². The van der Waals surface area contributed by atoms with E-state index in [1.165, 1.54) is 23.8 Å². The van der Waals surface area contributed by atoms with Gasteiger partial charge in [-0.1, -0.05) is 30.3 Å². The fourth-order valence-corrected chi connectivity index (χ4v) is 3.07. The van der Waals surface area contributed by atoms with E-state index in [9.17, 15) is 9.59 Å². The van der Waals surface area contributed by atoms with Crippen LogP contribution >= 0.6 is 0 Å². The maximum absolute atomic E-state index is 12.4. The normalized spacial score (nSPS) is 11.4. The minimum absolute atomic E-state index is 0.153. The lowest BCUT2D eigenvalue weighted by Gasteiger charge is -2.06. The Morgan fingerprint density at radius 1 is 1.07 bits per heavy atom. The number of aromatic nitrogens is 1. The SMILES string of the molecule is O=C(/C=C/c1coc2ccccc2c1=O)NCCn1ccc2ccccc21. The van der Waals surface area contributed by atoms with Gasteiger partial charge in [0.15, 0.2) is 5.43 Å². The third-order valence-corrected chi connectivity index (χ3v) is 4.45. The van der Waals surface area contributed by atoms with Crippen LogP contribution in [0.25, 0.3) is 27.9 Å². The first-order valence-electron chi connectivity index (χ1n) is 8.73. The number of carbonyl (C=O) groups is 1. The quantitative estimate of drug-likeness (QED) is 0.555. The zero-order chi connectivity index (χ0) is 18.6. The molecule has 4 aromatic rings. The third-order valence-electron chi connectivity index (χ3n) is 4.45. The van der Waals surface area contributed by atoms with Crippen LogP contribution in [0.3, 0.4) is 0 Å². The Hall–Kier alpha value is -3.60. The second-order valence-corrected chi connectivity index (χ2v) is 6.21. The maximum Gasteiger partial charge on any atom is 0.244 e. The predicted molar refractivity (Wildman–Crippen MR) is 106 cm³/mol. The van der Waals surface area contributed by atoms with Crippen LogP contribution in [0.5, 0.6) is 0 Å². The fourth-order valence-electron chi connectivity index (χ4n) is 3.07. The van der Waals surface area contributed by atoms with E-state index in [1.807, 2.05) is 24.4 Å². The van der Waals surface area contributed by atoms with Gasteiger partial charge in [0.05, 0.1) is 10.9 Å². The summed E-state index contributed by atoms with van der Waals surface area (Å²) < 4.78 is 7.54. The molecule has 0 unspecified atom stereocenters. The molecule has 0 aliphatic rings. The zero-order valence-corrected chi connectivity index (χ0v) is 14.6. The van der Waals surface area contributed by atoms with Crippen molar-refractivity contribution >= 4 is 33.9 Å². The number of para-hydroxylation sites is 2. The van der Waals surface area contributed by atoms with Crippen molar-refractivity contribution < 1.29 is 9.21 Å². The Balaban J connectivity index is 1.39. The lowest BCUT2D eigenvalue weighted by molar-refractivity contribution is -0.116. The summed E-state index contributed by atoms with van der Waals surface area (Å²) in [6.45, 7) is 1.17. The Morgan fingerprint density at radius 3 is 2.81 bits per heavy atom. The van der Waals surface area contributed by atoms with Crippen LogP contribution in [0.2, 0.25) is 0 Å². The number of hydrogen-bond donors (Lipinski definition) is 1. The second kappa shape index (κ2) is 7.33. The van der Waals surface area contributed by atoms with Crippen LogP contribution in [0.15, 0.2) is 82.3 Å². The van der Waals surface area contributed by atoms with Crippen molar-refractivity contribution in [2.45, 2.75) is 6.54 Å². The Bertz CT molecular complexity index is 1200. The number of rotatable bonds is 5. The zero-order valence-electron chi connectivity index (χ0n) is 14.6. The van der Waals surface area contributed by atoms with E-state index in [2.05, 4.69) is 28.1 Å². The molecule has 0 fully saturated rings. The number of fused-ring (bicyclic) bond motifs is 2. The Labute approximate surface area is 155 Å². The molecule has 0 bridgehead atoms. The summed E-state index contributed by atoms with van der Waals surface area (Å²) in [4.78, 5) is 24.4. The predicted octanol–water partition coefficient (Wildman–Crippen LogP) is 3.58. The van der Waals surface area contributed by atoms with Gasteiger partial charge in [-0.15, -0.1) is 0 Å². The maximum atomic E-state index is 12.4. The van der Waals surface area contributed by atoms with Gasteiger partial charge < -0.3 is 14.3 Å². The molecule has 2 aromatic carbocycles. The van der Waals surface area contributed by atoms with Crippen LogP contribution in [0.4, 0.5) is 0 Å². The number of benzene rings is 2. The molecule has 0 spiro atoms. The molecule has 0 saturated carbocycles. The second-order valence-electron chi connectivity index (χ2n) is 6.21. The summed E-state index contributed by atoms with van der Waals surface area (Å²) in [5, 5.41) is 4.51. The van der Waals surface area contributed by atoms with E-state index >= 15 is 0 Å². The molecule has 27 heavy (non-hydrogen) atoms. The molecule has 2 heterocycles. The van der Waals surface area contributed by atoms with Crippen LogP contribution in [0.1, 0.15) is 5.56 Å². The van der Waals surface area contributed by atoms with E-state index in [-0.39, 0.29) is 11.3 Å². The smallest absolute Gasteiger partial charge is 0.244 e. The van der Waals surface area contributed by atoms with Crippen LogP contribution in [-0.2, 0) is 11.3 Å². The minimum atomic E-state index is -0.251. The summed E-state index contributed by atoms with van der Waals surface area (Å²) >= 11 is 0. The summed E-state index contributed by atoms with van der Waals surface area (Å²) in [7, 11) is 0. The van der Waals surface area contributed by atoms with E-state index in [0.29, 0.717) is 29.6 Å². The van der Waals surface area contributed by atoms with Crippen molar-refractivity contribution in [1.82, 2.24) is 9.88 Å². The average molecular weight is 358 g/mol. The van der Waals surface area contributed by atoms with E-state index in [1.54, 1.807) is 18.2 Å². The molecule has 1 amide bonds. The molecule has 5 nitrogen and oxygen atoms in total. The standard InChI is InChI=1S/C22H18N2O3/c25-21(23-12-14-24-13-11-16-5-1-3-7-19(16)24)10-9-17-15-27-20-8-4-2-6-18(20)22(17)26/h1-11,13,15H,12,14H2,(H,23,25)/b10-9+. The van der Waals surface area contributed by atoms with Gasteiger partial charge in [0.25, 0.3) is 0 Å². The topological polar surface area (TPSA) is 64.2 Å². The Morgan fingerprint density at radius 2 is 1.89 bits per heavy atom. The molecule has 2 aromatic heterocycles. The molecule has 0 radical (unpaired) electrons. The largest absolute Gasteiger partial charge is 0.463 e. The number of carbonyl (C=O) groups excluding carboxylic acids is 1. The molecular formula is C22H18N2O3. The average Bonchev–Trinajstić information content (AvgIpc) is 3.11. The molecular weight excluding hydrogens is 340 g/mol. The molecule has 5 heteroatoms. The number of amides is 1. The van der Waals surface area contributed by atoms with Gasteiger partial charge in [-0.2, -0.15) is 0 Å². The third kappa shape index (κ3) is 3.53. The van der Waals surface area contributed by atoms with Crippen molar-refractivity contribution in [2.24, 2.45) is 0 Å². The van der Waals surface area contributed by atoms with Gasteiger partial charge in [-0.25, -0.2) is 0 Å². The van der Waals surface area contributed by atoms with Crippen molar-refractivity contribution in [3.8, 4) is 0 Å². The number of nitrogens with zero attached hydrogens (tertiary/aromatic N) is 1. The molecule has 0 atom stereocenters. The van der Waals surface area contributed by atoms with Gasteiger partial charge in [-0.3, -0.25) is 9.59 Å². The number of nitrogens with one attached hydrogen (secondary N) is 1. The minimum Gasteiger partial charge on any atom is -0.463 e. The van der Waals surface area contributed by atoms with Crippen LogP contribution in [-0.4, -0.2) is 17.0 Å². The van der Waals surface area contributed by atoms with Crippen LogP contribution < -0.4 is 10.7 Å². The molecule has 1 N–H and O–H groups in total. The molecule has 134 valence electrons. The fraction of sp³-hybridized carbons (Fsp3) is 0.0909. The van der Waals surface area contributed by atoms with Crippen molar-refractivity contribution in [1.29, 1.82) is 0 Å². The van der Waals surface area contributed by atoms with Crippen molar-refractivity contribution in [2.75, 3.05) is 6.54 Å². The first-order chi connectivity index (χ1) is 13.2. The van der Waals surface area contributed by atoms with E-state index in [0.717, 1.165) is 5.52 Å². The first-order valence-corrected chi connectivity index (χ1v) is 8.73. The molecule has 0 saturated heterocycles. The van der Waals surface area contributed by atoms with E-state index < -0.39 is 0 Å². The van der Waals surface area contributed by atoms with Gasteiger partial charge in [0.1, 0.15) is 11.8 Å². The molecule has 4 rings (SSSR count). The summed E-state index contributed by atoms with van der Waals surface area (Å²) in [6.07, 6.45) is 6.22. The highest BCUT2D eigenvalue weighted by molar-refractivity contribution is 5.92. The highest BCUT2D eigenvalue weighted by Gasteiger charge is 2.05. The highest BCUT2D eigenvalue weighted by atomic mass is 16.3. The van der Waals surface area contributed by atoms with Gasteiger partial charge in [0, 0.05) is 30.9 Å². The molecule has 0 aliphatic heterocycles. The van der Waals surface area contributed by atoms with Crippen molar-refractivity contribution in [3.63, 3.8) is 0 Å². The highest BCUT2D eigenvalue weighted by Crippen LogP contribution is 2.14. The summed E-state index contributed by atoms with van der Waals surface area (Å²) in [6, 6.07) is 17.2. The van der Waals surface area contributed by atoms with Crippen LogP contribution in [0, 0.1) is 0 Å². The van der Waals surface area contributed by atoms with Gasteiger partial charge in [0.2, 0.25) is 5.91 Å². The lowest BCUT2D eigenvalue weighted by atomic mass is 10.1. The number of hydrogen-bond acceptors (Lipinski definition) is 3. The van der Waals surface area contributed by atoms with Crippen molar-refractivity contribution in [3.05, 3.63) is 88.9 Å². The Kier molecular flexibility index (Phi) is 4.58. The lowest BCUT2D eigenvalue weighted by Crippen LogP contribution is -2.25. The van der Waals surface area contributed by atoms with Gasteiger partial charge >= 0.3 is 0 Å².